The second kappa shape index (κ2) is 10.5. The number of hydrogen-bond acceptors (Lipinski definition) is 5. The van der Waals surface area contributed by atoms with Crippen molar-refractivity contribution in [3.63, 3.8) is 0 Å². The highest BCUT2D eigenvalue weighted by atomic mass is 35.5. The predicted molar refractivity (Wildman–Crippen MR) is 139 cm³/mol. The lowest BCUT2D eigenvalue weighted by molar-refractivity contribution is -0.116. The molecule has 2 aliphatic carbocycles. The summed E-state index contributed by atoms with van der Waals surface area (Å²) in [6.45, 7) is 0.184. The molecule has 1 amide bonds. The lowest BCUT2D eigenvalue weighted by Gasteiger charge is -2.23. The van der Waals surface area contributed by atoms with Gasteiger partial charge in [-0.15, -0.1) is 11.3 Å². The SMILES string of the molecule is O=C(CCOc1ccc(F)cc1)Nc1ccc2c(c1)C[C@@H]1CC[C@H](C2)[C@H]1NS(=O)(=O)c1ccc(Cl)s1. The van der Waals surface area contributed by atoms with Crippen LogP contribution < -0.4 is 14.8 Å². The molecule has 0 unspecified atom stereocenters. The van der Waals surface area contributed by atoms with E-state index in [2.05, 4.69) is 10.0 Å². The zero-order chi connectivity index (χ0) is 25.3. The Morgan fingerprint density at radius 1 is 1.03 bits per heavy atom. The lowest BCUT2D eigenvalue weighted by Crippen LogP contribution is -2.41. The van der Waals surface area contributed by atoms with Crippen LogP contribution in [0.15, 0.2) is 58.8 Å². The molecule has 0 aliphatic heterocycles. The van der Waals surface area contributed by atoms with Crippen molar-refractivity contribution in [1.29, 1.82) is 0 Å². The van der Waals surface area contributed by atoms with Crippen molar-refractivity contribution in [2.75, 3.05) is 11.9 Å². The van der Waals surface area contributed by atoms with Crippen molar-refractivity contribution >= 4 is 44.6 Å². The Morgan fingerprint density at radius 2 is 1.75 bits per heavy atom. The third-order valence-electron chi connectivity index (χ3n) is 6.89. The van der Waals surface area contributed by atoms with Crippen LogP contribution in [0, 0.1) is 17.7 Å². The van der Waals surface area contributed by atoms with E-state index in [0.29, 0.717) is 15.8 Å². The van der Waals surface area contributed by atoms with Crippen molar-refractivity contribution < 1.29 is 22.3 Å². The fourth-order valence-electron chi connectivity index (χ4n) is 5.18. The normalized spacial score (nSPS) is 21.0. The first-order valence-electron chi connectivity index (χ1n) is 11.8. The molecule has 1 heterocycles. The topological polar surface area (TPSA) is 84.5 Å². The number of anilines is 1. The first kappa shape index (κ1) is 25.2. The van der Waals surface area contributed by atoms with Gasteiger partial charge in [0.2, 0.25) is 15.9 Å². The van der Waals surface area contributed by atoms with Crippen molar-refractivity contribution in [1.82, 2.24) is 4.72 Å². The van der Waals surface area contributed by atoms with E-state index < -0.39 is 10.0 Å². The number of amides is 1. The van der Waals surface area contributed by atoms with Crippen LogP contribution in [0.25, 0.3) is 0 Å². The van der Waals surface area contributed by atoms with E-state index in [1.165, 1.54) is 29.8 Å². The Hall–Kier alpha value is -2.46. The molecule has 0 saturated heterocycles. The van der Waals surface area contributed by atoms with Crippen molar-refractivity contribution in [2.45, 2.75) is 42.4 Å². The first-order chi connectivity index (χ1) is 17.3. The van der Waals surface area contributed by atoms with Gasteiger partial charge >= 0.3 is 0 Å². The van der Waals surface area contributed by atoms with Gasteiger partial charge in [-0.05, 0) is 97.2 Å². The average Bonchev–Trinajstić information content (AvgIpc) is 3.39. The fourth-order valence-corrected chi connectivity index (χ4v) is 8.05. The summed E-state index contributed by atoms with van der Waals surface area (Å²) < 4.78 is 48.0. The van der Waals surface area contributed by atoms with Crippen LogP contribution in [0.3, 0.4) is 0 Å². The lowest BCUT2D eigenvalue weighted by atomic mass is 9.93. The van der Waals surface area contributed by atoms with Gasteiger partial charge in [-0.3, -0.25) is 4.79 Å². The Balaban J connectivity index is 1.21. The molecule has 190 valence electrons. The van der Waals surface area contributed by atoms with E-state index in [1.54, 1.807) is 12.1 Å². The van der Waals surface area contributed by atoms with E-state index >= 15 is 0 Å². The van der Waals surface area contributed by atoms with Gasteiger partial charge in [-0.25, -0.2) is 17.5 Å². The average molecular weight is 549 g/mol. The second-order valence-electron chi connectivity index (χ2n) is 9.30. The molecule has 1 saturated carbocycles. The zero-order valence-electron chi connectivity index (χ0n) is 19.4. The summed E-state index contributed by atoms with van der Waals surface area (Å²) in [6, 6.07) is 14.6. The van der Waals surface area contributed by atoms with Gasteiger partial charge in [-0.1, -0.05) is 17.7 Å². The number of carbonyl (C=O) groups excluding carboxylic acids is 1. The summed E-state index contributed by atoms with van der Waals surface area (Å²) in [5.74, 6) is 0.416. The number of nitrogens with one attached hydrogen (secondary N) is 2. The minimum atomic E-state index is -3.63. The van der Waals surface area contributed by atoms with Gasteiger partial charge in [0.15, 0.2) is 0 Å². The molecule has 36 heavy (non-hydrogen) atoms. The van der Waals surface area contributed by atoms with Crippen LogP contribution >= 0.6 is 22.9 Å². The smallest absolute Gasteiger partial charge is 0.250 e. The molecule has 2 aliphatic rings. The van der Waals surface area contributed by atoms with E-state index in [0.717, 1.165) is 42.6 Å². The van der Waals surface area contributed by atoms with Gasteiger partial charge in [0, 0.05) is 11.7 Å². The van der Waals surface area contributed by atoms with Crippen LogP contribution in [-0.2, 0) is 27.7 Å². The van der Waals surface area contributed by atoms with Crippen molar-refractivity contribution in [2.24, 2.45) is 11.8 Å². The minimum Gasteiger partial charge on any atom is -0.493 e. The van der Waals surface area contributed by atoms with Gasteiger partial charge < -0.3 is 10.1 Å². The van der Waals surface area contributed by atoms with E-state index in [-0.39, 0.29) is 46.8 Å². The Labute approximate surface area is 218 Å². The second-order valence-corrected chi connectivity index (χ2v) is 13.0. The highest BCUT2D eigenvalue weighted by molar-refractivity contribution is 7.91. The molecule has 10 heteroatoms. The number of hydrogen-bond donors (Lipinski definition) is 2. The van der Waals surface area contributed by atoms with Crippen molar-refractivity contribution in [3.8, 4) is 5.75 Å². The van der Waals surface area contributed by atoms with Crippen LogP contribution in [0.5, 0.6) is 5.75 Å². The van der Waals surface area contributed by atoms with Gasteiger partial charge in [-0.2, -0.15) is 0 Å². The van der Waals surface area contributed by atoms with Gasteiger partial charge in [0.25, 0.3) is 0 Å². The Kier molecular flexibility index (Phi) is 7.35. The minimum absolute atomic E-state index is 0.134. The Bertz CT molecular complexity index is 1360. The van der Waals surface area contributed by atoms with Crippen LogP contribution in [0.1, 0.15) is 30.4 Å². The number of sulfonamides is 1. The molecule has 2 bridgehead atoms. The molecule has 3 aromatic rings. The molecule has 3 atom stereocenters. The highest BCUT2D eigenvalue weighted by Crippen LogP contribution is 2.41. The molecule has 0 spiro atoms. The van der Waals surface area contributed by atoms with E-state index in [4.69, 9.17) is 16.3 Å². The number of thiophene rings is 1. The third kappa shape index (κ3) is 5.75. The maximum Gasteiger partial charge on any atom is 0.250 e. The van der Waals surface area contributed by atoms with Crippen LogP contribution in [0.2, 0.25) is 4.34 Å². The number of carbonyl (C=O) groups is 1. The first-order valence-corrected chi connectivity index (χ1v) is 14.5. The Morgan fingerprint density at radius 3 is 2.44 bits per heavy atom. The maximum absolute atomic E-state index is 13.0. The summed E-state index contributed by atoms with van der Waals surface area (Å²) in [6.07, 6.45) is 3.65. The van der Waals surface area contributed by atoms with E-state index in [9.17, 15) is 17.6 Å². The predicted octanol–water partition coefficient (Wildman–Crippen LogP) is 5.42. The van der Waals surface area contributed by atoms with Gasteiger partial charge in [0.05, 0.1) is 17.4 Å². The molecule has 0 radical (unpaired) electrons. The van der Waals surface area contributed by atoms with Crippen molar-refractivity contribution in [3.05, 3.63) is 75.9 Å². The van der Waals surface area contributed by atoms with Crippen LogP contribution in [0.4, 0.5) is 10.1 Å². The number of halogens is 2. The summed E-state index contributed by atoms with van der Waals surface area (Å²) in [4.78, 5) is 12.4. The zero-order valence-corrected chi connectivity index (χ0v) is 21.8. The molecular formula is C26H26ClFN2O4S2. The summed E-state index contributed by atoms with van der Waals surface area (Å²) in [5, 5.41) is 2.92. The number of rotatable bonds is 8. The van der Waals surface area contributed by atoms with Crippen LogP contribution in [-0.4, -0.2) is 27.0 Å². The molecular weight excluding hydrogens is 523 g/mol. The monoisotopic (exact) mass is 548 g/mol. The number of ether oxygens (including phenoxy) is 1. The molecule has 6 nitrogen and oxygen atoms in total. The summed E-state index contributed by atoms with van der Waals surface area (Å²) >= 11 is 7.02. The molecule has 2 N–H and O–H groups in total. The summed E-state index contributed by atoms with van der Waals surface area (Å²) in [7, 11) is -3.63. The molecule has 2 aromatic carbocycles. The molecule has 5 rings (SSSR count). The largest absolute Gasteiger partial charge is 0.493 e. The molecule has 1 aromatic heterocycles. The number of fused-ring (bicyclic) bond motifs is 3. The fraction of sp³-hybridized carbons (Fsp3) is 0.346. The maximum atomic E-state index is 13.0. The van der Waals surface area contributed by atoms with E-state index in [1.807, 2.05) is 18.2 Å². The molecule has 1 fully saturated rings. The van der Waals surface area contributed by atoms with Gasteiger partial charge in [0.1, 0.15) is 15.8 Å². The standard InChI is InChI=1S/C26H26ClFN2O4S2/c27-23-9-10-25(35-23)36(32,33)30-26-17-1-2-18(26)14-19-15-21(6-3-16(19)13-17)29-24(31)11-12-34-22-7-4-20(28)5-8-22/h3-10,15,17-18,26,30H,1-2,11-14H2,(H,29,31)/t17-,18+,26-/m1/s1. The quantitative estimate of drug-likeness (QED) is 0.394. The highest BCUT2D eigenvalue weighted by Gasteiger charge is 2.41. The summed E-state index contributed by atoms with van der Waals surface area (Å²) in [5.41, 5.74) is 3.05. The number of benzene rings is 2. The third-order valence-corrected chi connectivity index (χ3v) is 10.1.